The first-order chi connectivity index (χ1) is 30.5. The predicted molar refractivity (Wildman–Crippen MR) is 240 cm³/mol. The molecule has 6 aliphatic heterocycles. The zero-order valence-electron chi connectivity index (χ0n) is 39.6. The Morgan fingerprint density at radius 1 is 0.922 bits per heavy atom. The van der Waals surface area contributed by atoms with Gasteiger partial charge in [0.1, 0.15) is 12.4 Å². The molecule has 1 N–H and O–H groups in total. The monoisotopic (exact) mass is 912 g/mol. The third-order valence-electron chi connectivity index (χ3n) is 16.3. The molecule has 0 aromatic heterocycles. The summed E-state index contributed by atoms with van der Waals surface area (Å²) in [5.74, 6) is -2.32. The van der Waals surface area contributed by atoms with Crippen molar-refractivity contribution in [2.75, 3.05) is 20.8 Å². The number of methoxy groups -OCH3 is 2. The van der Waals surface area contributed by atoms with E-state index >= 15 is 0 Å². The van der Waals surface area contributed by atoms with Crippen molar-refractivity contribution >= 4 is 17.6 Å². The Labute approximate surface area is 385 Å². The highest BCUT2D eigenvalue weighted by Gasteiger charge is 2.63. The number of hydrogen-bond donors (Lipinski definition) is 1. The molecule has 0 aliphatic carbocycles. The van der Waals surface area contributed by atoms with Crippen molar-refractivity contribution in [2.24, 2.45) is 35.5 Å². The summed E-state index contributed by atoms with van der Waals surface area (Å²) in [6, 6.07) is 15.5. The van der Waals surface area contributed by atoms with Crippen LogP contribution in [-0.2, 0) is 54.0 Å². The van der Waals surface area contributed by atoms with E-state index in [4.69, 9.17) is 59.0 Å². The minimum Gasteiger partial charge on any atom is -0.497 e. The molecule has 0 radical (unpaired) electrons. The second kappa shape index (κ2) is 19.0. The van der Waals surface area contributed by atoms with Crippen LogP contribution in [0.4, 0.5) is 0 Å². The number of halogens is 1. The van der Waals surface area contributed by atoms with Gasteiger partial charge in [-0.25, -0.2) is 0 Å². The van der Waals surface area contributed by atoms with Crippen molar-refractivity contribution in [2.45, 2.75) is 185 Å². The molecule has 6 saturated heterocycles. The molecule has 2 aromatic rings. The smallest absolute Gasteiger partial charge is 0.308 e. The van der Waals surface area contributed by atoms with Gasteiger partial charge in [0.05, 0.1) is 73.6 Å². The van der Waals surface area contributed by atoms with Crippen LogP contribution in [0.5, 0.6) is 5.75 Å². The Morgan fingerprint density at radius 3 is 2.33 bits per heavy atom. The molecule has 2 aromatic carbocycles. The molecule has 356 valence electrons. The normalized spacial score (nSPS) is 42.6. The first-order valence-corrected chi connectivity index (χ1v) is 24.3. The summed E-state index contributed by atoms with van der Waals surface area (Å²) in [4.78, 5) is 12.2. The molecule has 0 bridgehead atoms. The molecule has 6 aliphatic rings. The number of hydrogen-bond acceptors (Lipinski definition) is 11. The maximum atomic E-state index is 12.2. The van der Waals surface area contributed by atoms with Crippen LogP contribution in [0.3, 0.4) is 0 Å². The second-order valence-electron chi connectivity index (χ2n) is 20.5. The highest BCUT2D eigenvalue weighted by Crippen LogP contribution is 2.56. The predicted octanol–water partition coefficient (Wildman–Crippen LogP) is 9.92. The average Bonchev–Trinajstić information content (AvgIpc) is 4.09. The van der Waals surface area contributed by atoms with Gasteiger partial charge in [-0.2, -0.15) is 0 Å². The molecule has 18 atom stereocenters. The van der Waals surface area contributed by atoms with Crippen LogP contribution >= 0.6 is 11.6 Å². The van der Waals surface area contributed by atoms with Crippen LogP contribution < -0.4 is 4.74 Å². The number of rotatable bonds is 14. The van der Waals surface area contributed by atoms with E-state index in [1.54, 1.807) is 21.1 Å². The summed E-state index contributed by atoms with van der Waals surface area (Å²) < 4.78 is 67.0. The molecule has 12 nitrogen and oxygen atoms in total. The lowest BCUT2D eigenvalue weighted by Crippen LogP contribution is -2.57. The van der Waals surface area contributed by atoms with Crippen LogP contribution in [-0.4, -0.2) is 97.4 Å². The first kappa shape index (κ1) is 48.1. The van der Waals surface area contributed by atoms with Crippen LogP contribution in [0.15, 0.2) is 48.5 Å². The van der Waals surface area contributed by atoms with Gasteiger partial charge in [-0.05, 0) is 94.0 Å². The van der Waals surface area contributed by atoms with Gasteiger partial charge in [0, 0.05) is 48.3 Å². The standard InChI is InChI=1S/C51H73ClO12/c1-11-49(45-30(3)25-39(59-45)42-29(2)24-31(4)51(62-42)28-58-47(63-51)36-14-18-38(55-9)19-15-36)21-20-41(60-49)48(8)22-23-50(64-48)26-40(57-27-35-12-16-37(52)17-13-35)32(5)44(61-50)33(6)43(56-10)34(7)46(53)54/h12-19,29-34,39-45,47H,11,20-28H2,1-10H3,(H,53,54)/t29-,30-,31+,32+,33-,34-,39+,40-,41+,42-,43+,44-,45+,47?,48-,49-,50+,51+/m0/s1. The minimum atomic E-state index is -0.946. The van der Waals surface area contributed by atoms with Gasteiger partial charge in [0.25, 0.3) is 0 Å². The topological polar surface area (TPSA) is 130 Å². The van der Waals surface area contributed by atoms with Gasteiger partial charge in [-0.1, -0.05) is 77.4 Å². The van der Waals surface area contributed by atoms with Crippen molar-refractivity contribution < 1.29 is 57.3 Å². The molecule has 6 fully saturated rings. The SMILES string of the molecule is CC[C@@]1([C@@H]2O[C@@H]([C@H]3O[C@@]4(COC(c5ccc(OC)cc5)O4)[C@H](C)C[C@@H]3C)C[C@@H]2C)CC[C@H]([C@]2(C)CC[C@]3(C[C@H](OCc4ccc(Cl)cc4)[C@@H](C)[C@@H]([C@@H](C)[C@@H](OC)[C@H](C)C(=O)O)O3)O2)O1. The zero-order chi connectivity index (χ0) is 45.8. The quantitative estimate of drug-likeness (QED) is 0.194. The number of aliphatic carboxylic acids is 1. The highest BCUT2D eigenvalue weighted by molar-refractivity contribution is 6.30. The summed E-state index contributed by atoms with van der Waals surface area (Å²) >= 11 is 6.20. The van der Waals surface area contributed by atoms with Gasteiger partial charge in [0.2, 0.25) is 0 Å². The largest absolute Gasteiger partial charge is 0.497 e. The molecule has 2 spiro atoms. The van der Waals surface area contributed by atoms with Crippen molar-refractivity contribution in [3.8, 4) is 5.75 Å². The van der Waals surface area contributed by atoms with Crippen molar-refractivity contribution in [1.82, 2.24) is 0 Å². The maximum absolute atomic E-state index is 12.2. The second-order valence-corrected chi connectivity index (χ2v) is 21.0. The molecular weight excluding hydrogens is 840 g/mol. The lowest BCUT2D eigenvalue weighted by atomic mass is 9.78. The van der Waals surface area contributed by atoms with E-state index in [0.29, 0.717) is 31.1 Å². The Morgan fingerprint density at radius 2 is 1.66 bits per heavy atom. The lowest BCUT2D eigenvalue weighted by Gasteiger charge is -2.50. The first-order valence-electron chi connectivity index (χ1n) is 23.9. The Kier molecular flexibility index (Phi) is 14.3. The minimum absolute atomic E-state index is 0.0666. The van der Waals surface area contributed by atoms with E-state index in [1.807, 2.05) is 55.5 Å². The van der Waals surface area contributed by atoms with Crippen LogP contribution in [0.25, 0.3) is 0 Å². The number of ether oxygens (including phenoxy) is 10. The molecule has 1 unspecified atom stereocenters. The van der Waals surface area contributed by atoms with Gasteiger partial charge in [-0.15, -0.1) is 0 Å². The van der Waals surface area contributed by atoms with Crippen LogP contribution in [0.2, 0.25) is 5.02 Å². The molecule has 13 heteroatoms. The molecule has 0 saturated carbocycles. The molecule has 6 heterocycles. The molecular formula is C51H73ClO12. The third kappa shape index (κ3) is 9.16. The number of carboxylic acid groups (broad SMARTS) is 1. The molecule has 64 heavy (non-hydrogen) atoms. The average molecular weight is 914 g/mol. The molecule has 8 rings (SSSR count). The van der Waals surface area contributed by atoms with E-state index in [-0.39, 0.29) is 66.2 Å². The highest BCUT2D eigenvalue weighted by atomic mass is 35.5. The molecule has 0 amide bonds. The Hall–Kier alpha value is -2.36. The zero-order valence-corrected chi connectivity index (χ0v) is 40.3. The fourth-order valence-electron chi connectivity index (χ4n) is 12.4. The van der Waals surface area contributed by atoms with Gasteiger partial charge >= 0.3 is 5.97 Å². The fourth-order valence-corrected chi connectivity index (χ4v) is 12.5. The lowest BCUT2D eigenvalue weighted by molar-refractivity contribution is -0.339. The van der Waals surface area contributed by atoms with Gasteiger partial charge in [0.15, 0.2) is 17.9 Å². The Bertz CT molecular complexity index is 1900. The third-order valence-corrected chi connectivity index (χ3v) is 16.5. The van der Waals surface area contributed by atoms with E-state index < -0.39 is 47.1 Å². The van der Waals surface area contributed by atoms with E-state index in [2.05, 4.69) is 41.5 Å². The van der Waals surface area contributed by atoms with Crippen LogP contribution in [0.1, 0.15) is 124 Å². The van der Waals surface area contributed by atoms with Crippen molar-refractivity contribution in [1.29, 1.82) is 0 Å². The number of carbonyl (C=O) groups is 1. The van der Waals surface area contributed by atoms with E-state index in [9.17, 15) is 9.90 Å². The summed E-state index contributed by atoms with van der Waals surface area (Å²) in [5.41, 5.74) is 0.834. The maximum Gasteiger partial charge on any atom is 0.308 e. The van der Waals surface area contributed by atoms with Gasteiger partial charge < -0.3 is 52.5 Å². The van der Waals surface area contributed by atoms with E-state index in [1.165, 1.54) is 0 Å². The number of carboxylic acids is 1. The van der Waals surface area contributed by atoms with Crippen molar-refractivity contribution in [3.05, 3.63) is 64.7 Å². The van der Waals surface area contributed by atoms with Crippen LogP contribution in [0, 0.1) is 35.5 Å². The summed E-state index contributed by atoms with van der Waals surface area (Å²) in [6.07, 6.45) is 3.99. The Balaban J connectivity index is 0.963. The summed E-state index contributed by atoms with van der Waals surface area (Å²) in [7, 11) is 3.24. The summed E-state index contributed by atoms with van der Waals surface area (Å²) in [5, 5.41) is 10.7. The van der Waals surface area contributed by atoms with Gasteiger partial charge in [-0.3, -0.25) is 4.79 Å². The van der Waals surface area contributed by atoms with E-state index in [0.717, 1.165) is 55.4 Å². The summed E-state index contributed by atoms with van der Waals surface area (Å²) in [6.45, 7) is 17.8. The van der Waals surface area contributed by atoms with Crippen molar-refractivity contribution in [3.63, 3.8) is 0 Å². The number of benzene rings is 2. The fraction of sp³-hybridized carbons (Fsp3) is 0.745.